The lowest BCUT2D eigenvalue weighted by molar-refractivity contribution is -0.118. The van der Waals surface area contributed by atoms with E-state index in [1.807, 2.05) is 0 Å². The van der Waals surface area contributed by atoms with Gasteiger partial charge < -0.3 is 0 Å². The van der Waals surface area contributed by atoms with Crippen LogP contribution in [0.15, 0.2) is 23.3 Å². The van der Waals surface area contributed by atoms with E-state index in [1.54, 1.807) is 25.1 Å². The summed E-state index contributed by atoms with van der Waals surface area (Å²) >= 11 is 11.7. The Hall–Kier alpha value is -1.06. The highest BCUT2D eigenvalue weighted by Gasteiger charge is 2.04. The molecule has 1 N–H and O–H groups in total. The van der Waals surface area contributed by atoms with Crippen molar-refractivity contribution in [1.29, 1.82) is 0 Å². The van der Waals surface area contributed by atoms with Crippen molar-refractivity contribution >= 4 is 34.8 Å². The van der Waals surface area contributed by atoms with Crippen LogP contribution in [0, 0.1) is 0 Å². The van der Waals surface area contributed by atoms with E-state index >= 15 is 0 Å². The SMILES string of the molecule is CC(=O)N/N=C(/C)c1ccc(Cl)cc1Cl. The number of carbonyl (C=O) groups excluding carboxylic acids is 1. The lowest BCUT2D eigenvalue weighted by atomic mass is 10.1. The second kappa shape index (κ2) is 5.14. The van der Waals surface area contributed by atoms with Crippen LogP contribution in [0.4, 0.5) is 0 Å². The third-order valence-electron chi connectivity index (χ3n) is 1.70. The van der Waals surface area contributed by atoms with Crippen LogP contribution in [0.25, 0.3) is 0 Å². The number of hydrogen-bond donors (Lipinski definition) is 1. The molecule has 1 aromatic carbocycles. The standard InChI is InChI=1S/C10H10Cl2N2O/c1-6(13-14-7(2)15)9-4-3-8(11)5-10(9)12/h3-5H,1-2H3,(H,14,15)/b13-6-. The van der Waals surface area contributed by atoms with E-state index in [0.717, 1.165) is 5.56 Å². The Morgan fingerprint density at radius 2 is 2.00 bits per heavy atom. The summed E-state index contributed by atoms with van der Waals surface area (Å²) in [6, 6.07) is 5.10. The van der Waals surface area contributed by atoms with E-state index in [4.69, 9.17) is 23.2 Å². The second-order valence-electron chi connectivity index (χ2n) is 2.99. The van der Waals surface area contributed by atoms with Gasteiger partial charge in [0.2, 0.25) is 5.91 Å². The minimum Gasteiger partial charge on any atom is -0.274 e. The number of halogens is 2. The maximum atomic E-state index is 10.6. The minimum absolute atomic E-state index is 0.223. The van der Waals surface area contributed by atoms with Gasteiger partial charge in [0, 0.05) is 17.5 Å². The summed E-state index contributed by atoms with van der Waals surface area (Å²) in [7, 11) is 0. The zero-order valence-corrected chi connectivity index (χ0v) is 9.86. The minimum atomic E-state index is -0.223. The summed E-state index contributed by atoms with van der Waals surface area (Å²) < 4.78 is 0. The van der Waals surface area contributed by atoms with Gasteiger partial charge in [0.05, 0.1) is 10.7 Å². The molecule has 80 valence electrons. The third-order valence-corrected chi connectivity index (χ3v) is 2.25. The quantitative estimate of drug-likeness (QED) is 0.631. The summed E-state index contributed by atoms with van der Waals surface area (Å²) in [6.07, 6.45) is 0. The average molecular weight is 245 g/mol. The van der Waals surface area contributed by atoms with Gasteiger partial charge in [-0.2, -0.15) is 5.10 Å². The van der Waals surface area contributed by atoms with Gasteiger partial charge in [-0.1, -0.05) is 29.3 Å². The van der Waals surface area contributed by atoms with E-state index in [2.05, 4.69) is 10.5 Å². The number of nitrogens with zero attached hydrogens (tertiary/aromatic N) is 1. The number of hydrogen-bond acceptors (Lipinski definition) is 2. The van der Waals surface area contributed by atoms with Crippen LogP contribution in [-0.2, 0) is 4.79 Å². The topological polar surface area (TPSA) is 41.5 Å². The fourth-order valence-corrected chi connectivity index (χ4v) is 1.55. The van der Waals surface area contributed by atoms with E-state index in [0.29, 0.717) is 15.8 Å². The highest BCUT2D eigenvalue weighted by Crippen LogP contribution is 2.21. The molecule has 0 heterocycles. The van der Waals surface area contributed by atoms with E-state index in [1.165, 1.54) is 6.92 Å². The smallest absolute Gasteiger partial charge is 0.236 e. The number of hydrazone groups is 1. The first-order valence-electron chi connectivity index (χ1n) is 4.27. The van der Waals surface area contributed by atoms with E-state index < -0.39 is 0 Å². The molecule has 0 atom stereocenters. The molecule has 0 saturated carbocycles. The van der Waals surface area contributed by atoms with Gasteiger partial charge >= 0.3 is 0 Å². The van der Waals surface area contributed by atoms with Crippen molar-refractivity contribution in [3.05, 3.63) is 33.8 Å². The molecule has 0 aromatic heterocycles. The molecular formula is C10H10Cl2N2O. The number of rotatable bonds is 2. The maximum absolute atomic E-state index is 10.6. The Morgan fingerprint density at radius 1 is 1.33 bits per heavy atom. The number of nitrogens with one attached hydrogen (secondary N) is 1. The number of carbonyl (C=O) groups is 1. The summed E-state index contributed by atoms with van der Waals surface area (Å²) in [5.41, 5.74) is 3.72. The summed E-state index contributed by atoms with van der Waals surface area (Å²) in [5.74, 6) is -0.223. The van der Waals surface area contributed by atoms with E-state index in [9.17, 15) is 4.79 Å². The zero-order chi connectivity index (χ0) is 11.4. The first-order valence-corrected chi connectivity index (χ1v) is 5.02. The normalized spacial score (nSPS) is 11.3. The van der Waals surface area contributed by atoms with Gasteiger partial charge in [0.1, 0.15) is 0 Å². The summed E-state index contributed by atoms with van der Waals surface area (Å²) in [6.45, 7) is 3.14. The predicted molar refractivity (Wildman–Crippen MR) is 62.5 cm³/mol. The molecule has 3 nitrogen and oxygen atoms in total. The highest BCUT2D eigenvalue weighted by atomic mass is 35.5. The molecular weight excluding hydrogens is 235 g/mol. The van der Waals surface area contributed by atoms with Crippen LogP contribution in [0.5, 0.6) is 0 Å². The van der Waals surface area contributed by atoms with Crippen molar-refractivity contribution in [2.24, 2.45) is 5.10 Å². The molecule has 15 heavy (non-hydrogen) atoms. The Bertz CT molecular complexity index is 416. The highest BCUT2D eigenvalue weighted by molar-refractivity contribution is 6.37. The second-order valence-corrected chi connectivity index (χ2v) is 3.83. The van der Waals surface area contributed by atoms with Crippen molar-refractivity contribution < 1.29 is 4.79 Å². The molecule has 0 radical (unpaired) electrons. The molecule has 0 bridgehead atoms. The molecule has 0 fully saturated rings. The lowest BCUT2D eigenvalue weighted by Gasteiger charge is -2.04. The van der Waals surface area contributed by atoms with Crippen LogP contribution >= 0.6 is 23.2 Å². The third kappa shape index (κ3) is 3.53. The van der Waals surface area contributed by atoms with Gasteiger partial charge in [-0.15, -0.1) is 0 Å². The number of amides is 1. The first-order chi connectivity index (χ1) is 7.00. The average Bonchev–Trinajstić information content (AvgIpc) is 2.14. The van der Waals surface area contributed by atoms with Crippen LogP contribution in [-0.4, -0.2) is 11.6 Å². The molecule has 1 rings (SSSR count). The zero-order valence-electron chi connectivity index (χ0n) is 8.34. The molecule has 0 aliphatic carbocycles. The van der Waals surface area contributed by atoms with Crippen molar-refractivity contribution in [3.8, 4) is 0 Å². The Morgan fingerprint density at radius 3 is 2.53 bits per heavy atom. The van der Waals surface area contributed by atoms with Gasteiger partial charge in [0.25, 0.3) is 0 Å². The van der Waals surface area contributed by atoms with Gasteiger partial charge in [0.15, 0.2) is 0 Å². The molecule has 0 aliphatic heterocycles. The molecule has 0 unspecified atom stereocenters. The molecule has 1 aromatic rings. The molecule has 5 heteroatoms. The maximum Gasteiger partial charge on any atom is 0.236 e. The predicted octanol–water partition coefficient (Wildman–Crippen LogP) is 2.85. The van der Waals surface area contributed by atoms with Crippen molar-refractivity contribution in [2.75, 3.05) is 0 Å². The van der Waals surface area contributed by atoms with Gasteiger partial charge in [-0.05, 0) is 19.1 Å². The summed E-state index contributed by atoms with van der Waals surface area (Å²) in [4.78, 5) is 10.6. The Kier molecular flexibility index (Phi) is 4.12. The largest absolute Gasteiger partial charge is 0.274 e. The van der Waals surface area contributed by atoms with Crippen LogP contribution in [0.1, 0.15) is 19.4 Å². The number of benzene rings is 1. The van der Waals surface area contributed by atoms with E-state index in [-0.39, 0.29) is 5.91 Å². The van der Waals surface area contributed by atoms with Crippen LogP contribution in [0.3, 0.4) is 0 Å². The van der Waals surface area contributed by atoms with Crippen molar-refractivity contribution in [3.63, 3.8) is 0 Å². The summed E-state index contributed by atoms with van der Waals surface area (Å²) in [5, 5.41) is 4.95. The van der Waals surface area contributed by atoms with Gasteiger partial charge in [-0.25, -0.2) is 5.43 Å². The lowest BCUT2D eigenvalue weighted by Crippen LogP contribution is -2.15. The molecule has 0 spiro atoms. The van der Waals surface area contributed by atoms with Crippen molar-refractivity contribution in [1.82, 2.24) is 5.43 Å². The van der Waals surface area contributed by atoms with Gasteiger partial charge in [-0.3, -0.25) is 4.79 Å². The van der Waals surface area contributed by atoms with Crippen LogP contribution in [0.2, 0.25) is 10.0 Å². The Labute approximate surface area is 98.1 Å². The first kappa shape index (κ1) is 12.0. The Balaban J connectivity index is 2.95. The monoisotopic (exact) mass is 244 g/mol. The molecule has 0 saturated heterocycles. The fraction of sp³-hybridized carbons (Fsp3) is 0.200. The molecule has 0 aliphatic rings. The van der Waals surface area contributed by atoms with Crippen molar-refractivity contribution in [2.45, 2.75) is 13.8 Å². The van der Waals surface area contributed by atoms with Crippen LogP contribution < -0.4 is 5.43 Å². The molecule has 1 amide bonds. The fourth-order valence-electron chi connectivity index (χ4n) is 1.01.